The molecule has 0 saturated carbocycles. The number of nitrogens with zero attached hydrogens (tertiary/aromatic N) is 3. The van der Waals surface area contributed by atoms with Crippen LogP contribution in [0.25, 0.3) is 16.6 Å². The first kappa shape index (κ1) is 21.5. The van der Waals surface area contributed by atoms with E-state index in [2.05, 4.69) is 28.5 Å². The minimum Gasteiger partial charge on any atom is -1.00 e. The second-order valence-electron chi connectivity index (χ2n) is 6.96. The first-order valence-corrected chi connectivity index (χ1v) is 10.3. The molecule has 0 amide bonds. The van der Waals surface area contributed by atoms with E-state index in [1.54, 1.807) is 6.07 Å². The van der Waals surface area contributed by atoms with E-state index in [1.807, 2.05) is 23.4 Å². The summed E-state index contributed by atoms with van der Waals surface area (Å²) in [4.78, 5) is 2.36. The number of hydrogen-bond donors (Lipinski definition) is 0. The van der Waals surface area contributed by atoms with Gasteiger partial charge in [-0.05, 0) is 44.1 Å². The van der Waals surface area contributed by atoms with Crippen LogP contribution >= 0.6 is 11.8 Å². The number of benzene rings is 1. The highest BCUT2D eigenvalue weighted by Gasteiger charge is 2.34. The van der Waals surface area contributed by atoms with Crippen LogP contribution in [0.15, 0.2) is 35.4 Å². The molecule has 0 radical (unpaired) electrons. The molecular formula is C20H23F3IN3S. The molecule has 0 N–H and O–H groups in total. The van der Waals surface area contributed by atoms with Crippen molar-refractivity contribution >= 4 is 28.4 Å². The maximum absolute atomic E-state index is 13.1. The number of alkyl halides is 3. The van der Waals surface area contributed by atoms with Crippen molar-refractivity contribution in [2.75, 3.05) is 18.8 Å². The van der Waals surface area contributed by atoms with E-state index in [1.165, 1.54) is 22.7 Å². The van der Waals surface area contributed by atoms with Gasteiger partial charge < -0.3 is 28.9 Å². The Labute approximate surface area is 184 Å². The molecule has 1 aromatic carbocycles. The van der Waals surface area contributed by atoms with Crippen molar-refractivity contribution < 1.29 is 41.7 Å². The first-order valence-electron chi connectivity index (χ1n) is 9.28. The number of thioether (sulfide) groups is 1. The first-order chi connectivity index (χ1) is 12.9. The van der Waals surface area contributed by atoms with Gasteiger partial charge in [-0.1, -0.05) is 0 Å². The molecule has 3 heterocycles. The Bertz CT molecular complexity index is 946. The lowest BCUT2D eigenvalue weighted by Crippen LogP contribution is -3.00. The fraction of sp³-hybridized carbons (Fsp3) is 0.450. The highest BCUT2D eigenvalue weighted by atomic mass is 127. The van der Waals surface area contributed by atoms with Gasteiger partial charge in [-0.25, -0.2) is 9.13 Å². The van der Waals surface area contributed by atoms with Gasteiger partial charge in [-0.3, -0.25) is 0 Å². The summed E-state index contributed by atoms with van der Waals surface area (Å²) < 4.78 is 43.5. The average Bonchev–Trinajstić information content (AvgIpc) is 3.22. The smallest absolute Gasteiger partial charge is 0.416 e. The van der Waals surface area contributed by atoms with Gasteiger partial charge >= 0.3 is 6.18 Å². The predicted octanol–water partition coefficient (Wildman–Crippen LogP) is 1.58. The van der Waals surface area contributed by atoms with Crippen LogP contribution in [0, 0.1) is 0 Å². The maximum atomic E-state index is 13.1. The highest BCUT2D eigenvalue weighted by molar-refractivity contribution is 8.03. The molecule has 2 aromatic rings. The molecule has 1 aromatic heterocycles. The van der Waals surface area contributed by atoms with E-state index < -0.39 is 11.7 Å². The minimum absolute atomic E-state index is 0. The van der Waals surface area contributed by atoms with Gasteiger partial charge in [-0.15, -0.1) is 11.8 Å². The fourth-order valence-electron chi connectivity index (χ4n) is 4.02. The summed E-state index contributed by atoms with van der Waals surface area (Å²) in [5.74, 6) is 2.12. The van der Waals surface area contributed by atoms with Gasteiger partial charge in [0.25, 0.3) is 5.82 Å². The number of allylic oxidation sites excluding steroid dienone is 3. The Morgan fingerprint density at radius 3 is 2.75 bits per heavy atom. The third-order valence-corrected chi connectivity index (χ3v) is 6.45. The van der Waals surface area contributed by atoms with Crippen molar-refractivity contribution in [1.82, 2.24) is 9.47 Å². The average molecular weight is 521 g/mol. The van der Waals surface area contributed by atoms with E-state index in [-0.39, 0.29) is 24.0 Å². The number of hydrogen-bond acceptors (Lipinski definition) is 2. The lowest BCUT2D eigenvalue weighted by Gasteiger charge is -2.16. The number of aryl methyl sites for hydroxylation is 2. The third-order valence-electron chi connectivity index (χ3n) is 5.37. The van der Waals surface area contributed by atoms with Crippen LogP contribution in [0.3, 0.4) is 0 Å². The highest BCUT2D eigenvalue weighted by Crippen LogP contribution is 2.34. The molecule has 0 aliphatic carbocycles. The van der Waals surface area contributed by atoms with Gasteiger partial charge in [0.2, 0.25) is 0 Å². The molecule has 1 saturated heterocycles. The molecule has 1 fully saturated rings. The lowest BCUT2D eigenvalue weighted by atomic mass is 10.1. The topological polar surface area (TPSA) is 12.1 Å². The monoisotopic (exact) mass is 521 g/mol. The number of rotatable bonds is 2. The van der Waals surface area contributed by atoms with Crippen LogP contribution in [0.1, 0.15) is 31.2 Å². The van der Waals surface area contributed by atoms with Crippen molar-refractivity contribution in [2.24, 2.45) is 7.05 Å². The molecule has 0 unspecified atom stereocenters. The molecular weight excluding hydrogens is 498 g/mol. The Kier molecular flexibility index (Phi) is 6.38. The zero-order chi connectivity index (χ0) is 19.2. The second kappa shape index (κ2) is 8.30. The molecule has 3 nitrogen and oxygen atoms in total. The Morgan fingerprint density at radius 1 is 1.25 bits per heavy atom. The van der Waals surface area contributed by atoms with Crippen LogP contribution in [0.2, 0.25) is 0 Å². The van der Waals surface area contributed by atoms with Gasteiger partial charge in [0.05, 0.1) is 24.2 Å². The van der Waals surface area contributed by atoms with Crippen LogP contribution in [0.5, 0.6) is 0 Å². The number of imidazole rings is 1. The molecule has 4 rings (SSSR count). The zero-order valence-corrected chi connectivity index (χ0v) is 18.9. The minimum atomic E-state index is -4.32. The van der Waals surface area contributed by atoms with E-state index >= 15 is 0 Å². The third kappa shape index (κ3) is 3.81. The normalized spacial score (nSPS) is 20.1. The van der Waals surface area contributed by atoms with Crippen molar-refractivity contribution in [3.8, 4) is 0 Å². The van der Waals surface area contributed by atoms with E-state index in [0.717, 1.165) is 49.6 Å². The summed E-state index contributed by atoms with van der Waals surface area (Å²) in [5.41, 5.74) is 2.08. The maximum Gasteiger partial charge on any atom is 0.416 e. The van der Waals surface area contributed by atoms with Gasteiger partial charge in [0.15, 0.2) is 11.0 Å². The second-order valence-corrected chi connectivity index (χ2v) is 8.08. The largest absolute Gasteiger partial charge is 1.00 e. The summed E-state index contributed by atoms with van der Waals surface area (Å²) in [7, 11) is 1.86. The quantitative estimate of drug-likeness (QED) is 0.440. The number of halogens is 4. The van der Waals surface area contributed by atoms with Gasteiger partial charge in [0.1, 0.15) is 0 Å². The van der Waals surface area contributed by atoms with E-state index in [9.17, 15) is 13.2 Å². The van der Waals surface area contributed by atoms with Gasteiger partial charge in [-0.2, -0.15) is 13.2 Å². The summed E-state index contributed by atoms with van der Waals surface area (Å²) >= 11 is 1.86. The molecule has 0 atom stereocenters. The molecule has 2 aliphatic heterocycles. The molecule has 8 heteroatoms. The van der Waals surface area contributed by atoms with Crippen molar-refractivity contribution in [3.05, 3.63) is 46.8 Å². The Morgan fingerprint density at radius 2 is 2.04 bits per heavy atom. The molecule has 28 heavy (non-hydrogen) atoms. The van der Waals surface area contributed by atoms with Crippen LogP contribution in [0.4, 0.5) is 13.2 Å². The predicted molar refractivity (Wildman–Crippen MR) is 103 cm³/mol. The van der Waals surface area contributed by atoms with E-state index in [4.69, 9.17) is 0 Å². The summed E-state index contributed by atoms with van der Waals surface area (Å²) in [6.07, 6.45) is 1.94. The number of aromatic nitrogens is 2. The van der Waals surface area contributed by atoms with Crippen molar-refractivity contribution in [1.29, 1.82) is 0 Å². The van der Waals surface area contributed by atoms with Crippen LogP contribution < -0.4 is 28.5 Å². The standard InChI is InChI=1S/C20H23F3N3S.HI/c1-3-25-11-12-27-18(25)9-6-14-5-4-10-26-16-8-7-15(20(21,22)23)13-17(16)24(2)19(14)26;/h6-9,13H,3-5,10-12H2,1-2H3;1H/q+1;/p-1. The molecule has 0 spiro atoms. The van der Waals surface area contributed by atoms with Crippen molar-refractivity contribution in [2.45, 2.75) is 32.5 Å². The molecule has 152 valence electrons. The summed E-state index contributed by atoms with van der Waals surface area (Å²) in [6.45, 7) is 5.06. The van der Waals surface area contributed by atoms with Gasteiger partial charge in [0, 0.05) is 30.5 Å². The van der Waals surface area contributed by atoms with Crippen LogP contribution in [-0.4, -0.2) is 28.3 Å². The van der Waals surface area contributed by atoms with Crippen LogP contribution in [-0.2, 0) is 19.8 Å². The zero-order valence-electron chi connectivity index (χ0n) is 15.9. The SMILES string of the molecule is CCN1CCSC1=CC=C1CCC[n+]2c1n(C)c1cc(C(F)(F)F)ccc12.[I-]. The Balaban J connectivity index is 0.00000225. The summed E-state index contributed by atoms with van der Waals surface area (Å²) in [6, 6.07) is 4.06. The Hall–Kier alpha value is -1.16. The number of fused-ring (bicyclic) bond motifs is 3. The van der Waals surface area contributed by atoms with E-state index in [0.29, 0.717) is 5.52 Å². The van der Waals surface area contributed by atoms with Crippen molar-refractivity contribution in [3.63, 3.8) is 0 Å². The fourth-order valence-corrected chi connectivity index (χ4v) is 5.11. The summed E-state index contributed by atoms with van der Waals surface area (Å²) in [5, 5.41) is 1.28. The molecule has 2 aliphatic rings. The lowest BCUT2D eigenvalue weighted by molar-refractivity contribution is -0.677. The molecule has 0 bridgehead atoms.